The first kappa shape index (κ1) is 35.2. The molecule has 1 atom stereocenters. The predicted molar refractivity (Wildman–Crippen MR) is 185 cm³/mol. The van der Waals surface area contributed by atoms with Crippen LogP contribution in [-0.2, 0) is 11.2 Å². The quantitative estimate of drug-likeness (QED) is 0.203. The first-order chi connectivity index (χ1) is 23.2. The van der Waals surface area contributed by atoms with Crippen molar-refractivity contribution in [3.63, 3.8) is 0 Å². The third-order valence-electron chi connectivity index (χ3n) is 7.69. The zero-order valence-electron chi connectivity index (χ0n) is 27.6. The van der Waals surface area contributed by atoms with E-state index in [0.717, 1.165) is 26.2 Å². The second-order valence-corrected chi connectivity index (χ2v) is 13.2. The normalized spacial score (nSPS) is 14.3. The Bertz CT molecular complexity index is 1920. The maximum Gasteiger partial charge on any atom is 0.407 e. The van der Waals surface area contributed by atoms with Gasteiger partial charge in [0.15, 0.2) is 0 Å². The molecule has 0 aliphatic carbocycles. The Morgan fingerprint density at radius 3 is 2.53 bits per heavy atom. The number of hydrogen-bond acceptors (Lipinski definition) is 9. The minimum absolute atomic E-state index is 0.0142. The number of rotatable bonds is 9. The van der Waals surface area contributed by atoms with Crippen LogP contribution in [0.4, 0.5) is 20.8 Å². The Labute approximate surface area is 287 Å². The molecule has 3 heterocycles. The Kier molecular flexibility index (Phi) is 10.8. The summed E-state index contributed by atoms with van der Waals surface area (Å²) >= 11 is 6.38. The van der Waals surface area contributed by atoms with E-state index in [2.05, 4.69) is 35.8 Å². The second-order valence-electron chi connectivity index (χ2n) is 12.8. The molecule has 0 bridgehead atoms. The molecule has 49 heavy (non-hydrogen) atoms. The molecule has 4 N–H and O–H groups in total. The van der Waals surface area contributed by atoms with Crippen LogP contribution in [0.3, 0.4) is 0 Å². The second kappa shape index (κ2) is 15.0. The van der Waals surface area contributed by atoms with E-state index in [-0.39, 0.29) is 34.8 Å². The molecule has 1 saturated heterocycles. The molecule has 1 aliphatic heterocycles. The molecule has 0 unspecified atom stereocenters. The monoisotopic (exact) mass is 692 g/mol. The maximum atomic E-state index is 13.9. The Hall–Kier alpha value is -5.08. The van der Waals surface area contributed by atoms with Gasteiger partial charge in [0.25, 0.3) is 17.4 Å². The summed E-state index contributed by atoms with van der Waals surface area (Å²) in [5, 5.41) is 8.70. The number of anilines is 2. The topological polar surface area (TPSA) is 162 Å². The van der Waals surface area contributed by atoms with Gasteiger partial charge in [0.1, 0.15) is 22.6 Å². The fraction of sp³-hybridized carbons (Fsp3) is 0.353. The number of pyridine rings is 1. The number of carbonyl (C=O) groups excluding carboxylic acids is 3. The Morgan fingerprint density at radius 2 is 1.82 bits per heavy atom. The lowest BCUT2D eigenvalue weighted by Crippen LogP contribution is -2.46. The number of amides is 3. The molecule has 0 radical (unpaired) electrons. The Balaban J connectivity index is 1.30. The van der Waals surface area contributed by atoms with Gasteiger partial charge in [0.05, 0.1) is 16.8 Å². The molecule has 1 fully saturated rings. The van der Waals surface area contributed by atoms with Crippen LogP contribution in [0.25, 0.3) is 11.0 Å². The first-order valence-electron chi connectivity index (χ1n) is 15.7. The summed E-state index contributed by atoms with van der Waals surface area (Å²) in [6, 6.07) is 10.9. The van der Waals surface area contributed by atoms with Gasteiger partial charge in [-0.3, -0.25) is 14.4 Å². The predicted octanol–water partition coefficient (Wildman–Crippen LogP) is 3.98. The number of fused-ring (bicyclic) bond motifs is 1. The minimum atomic E-state index is -0.753. The fourth-order valence-electron chi connectivity index (χ4n) is 5.18. The number of nitrogens with one attached hydrogen (secondary N) is 4. The van der Waals surface area contributed by atoms with Gasteiger partial charge in [-0.25, -0.2) is 14.2 Å². The van der Waals surface area contributed by atoms with Crippen LogP contribution >= 0.6 is 11.6 Å². The molecule has 13 nitrogen and oxygen atoms in total. The van der Waals surface area contributed by atoms with Crippen LogP contribution in [0.5, 0.6) is 0 Å². The number of likely N-dealkylation sites (N-methyl/N-ethyl adjacent to an activating group) is 1. The van der Waals surface area contributed by atoms with Crippen molar-refractivity contribution in [2.45, 2.75) is 38.8 Å². The molecule has 2 aromatic carbocycles. The van der Waals surface area contributed by atoms with Gasteiger partial charge in [-0.05, 0) is 76.2 Å². The lowest BCUT2D eigenvalue weighted by molar-refractivity contribution is 0.0519. The van der Waals surface area contributed by atoms with Crippen LogP contribution in [0.15, 0.2) is 59.5 Å². The van der Waals surface area contributed by atoms with Crippen LogP contribution in [0.1, 0.15) is 47.1 Å². The van der Waals surface area contributed by atoms with Crippen molar-refractivity contribution < 1.29 is 23.5 Å². The van der Waals surface area contributed by atoms with E-state index in [0.29, 0.717) is 22.5 Å². The highest BCUT2D eigenvalue weighted by atomic mass is 35.5. The molecule has 0 saturated carbocycles. The molecule has 0 spiro atoms. The summed E-state index contributed by atoms with van der Waals surface area (Å²) in [5.74, 6) is -1.24. The van der Waals surface area contributed by atoms with Gasteiger partial charge in [-0.2, -0.15) is 4.98 Å². The molecule has 1 aliphatic rings. The largest absolute Gasteiger partial charge is 0.444 e. The summed E-state index contributed by atoms with van der Waals surface area (Å²) in [7, 11) is 2.04. The number of H-pyrrole nitrogens is 1. The van der Waals surface area contributed by atoms with Crippen LogP contribution < -0.4 is 26.4 Å². The zero-order chi connectivity index (χ0) is 35.3. The molecular formula is C34H38ClFN8O5. The summed E-state index contributed by atoms with van der Waals surface area (Å²) in [4.78, 5) is 67.8. The summed E-state index contributed by atoms with van der Waals surface area (Å²) in [6.45, 7) is 8.40. The third-order valence-corrected chi connectivity index (χ3v) is 8.02. The van der Waals surface area contributed by atoms with Crippen molar-refractivity contribution in [3.05, 3.63) is 92.6 Å². The standard InChI is InChI=1S/C34H38ClFN8O5/c1-34(2,3)49-33(48)38-19-24(15-20-6-5-7-23(36)14-20)39-29(45)21-8-9-26(35)27(17-21)40-30(46)25-16-22-18-37-32(42-28(22)41-31(25)47)44-12-10-43(4)11-13-44/h5-9,14,16-18,24H,10-13,15,19H2,1-4H3,(H,38,48)(H,39,45)(H,40,46)(H,37,41,42,47)/t24-/m0/s1. The first-order valence-corrected chi connectivity index (χ1v) is 16.1. The lowest BCUT2D eigenvalue weighted by Gasteiger charge is -2.32. The highest BCUT2D eigenvalue weighted by Crippen LogP contribution is 2.24. The number of halogens is 2. The number of ether oxygens (including phenoxy) is 1. The van der Waals surface area contributed by atoms with Gasteiger partial charge >= 0.3 is 6.09 Å². The molecule has 2 aromatic heterocycles. The fourth-order valence-corrected chi connectivity index (χ4v) is 5.34. The number of nitrogens with zero attached hydrogens (tertiary/aromatic N) is 4. The number of benzene rings is 2. The third kappa shape index (κ3) is 9.51. The van der Waals surface area contributed by atoms with Gasteiger partial charge in [0, 0.05) is 49.9 Å². The van der Waals surface area contributed by atoms with E-state index in [9.17, 15) is 23.6 Å². The van der Waals surface area contributed by atoms with Gasteiger partial charge in [-0.15, -0.1) is 0 Å². The van der Waals surface area contributed by atoms with E-state index >= 15 is 0 Å². The summed E-state index contributed by atoms with van der Waals surface area (Å²) in [5.41, 5.74) is -0.450. The van der Waals surface area contributed by atoms with Crippen molar-refractivity contribution in [3.8, 4) is 0 Å². The number of aromatic nitrogens is 3. The van der Waals surface area contributed by atoms with E-state index in [4.69, 9.17) is 16.3 Å². The number of hydrogen-bond donors (Lipinski definition) is 4. The average molecular weight is 693 g/mol. The van der Waals surface area contributed by atoms with Gasteiger partial charge in [-0.1, -0.05) is 23.7 Å². The molecule has 15 heteroatoms. The van der Waals surface area contributed by atoms with Crippen molar-refractivity contribution in [2.24, 2.45) is 0 Å². The van der Waals surface area contributed by atoms with Crippen LogP contribution in [0, 0.1) is 5.82 Å². The van der Waals surface area contributed by atoms with Crippen molar-refractivity contribution >= 4 is 52.2 Å². The Morgan fingerprint density at radius 1 is 1.06 bits per heavy atom. The van der Waals surface area contributed by atoms with Crippen molar-refractivity contribution in [1.82, 2.24) is 30.5 Å². The smallest absolute Gasteiger partial charge is 0.407 e. The summed E-state index contributed by atoms with van der Waals surface area (Å²) < 4.78 is 19.2. The number of aromatic amines is 1. The molecule has 3 amide bonds. The van der Waals surface area contributed by atoms with Crippen molar-refractivity contribution in [2.75, 3.05) is 50.0 Å². The van der Waals surface area contributed by atoms with Gasteiger partial charge in [0.2, 0.25) is 5.95 Å². The van der Waals surface area contributed by atoms with E-state index in [1.807, 2.05) is 11.9 Å². The highest BCUT2D eigenvalue weighted by Gasteiger charge is 2.22. The lowest BCUT2D eigenvalue weighted by atomic mass is 10.0. The SMILES string of the molecule is CN1CCN(c2ncc3cc(C(=O)Nc4cc(C(=O)N[C@H](CNC(=O)OC(C)(C)C)Cc5cccc(F)c5)ccc4Cl)c(=O)[nH]c3n2)CC1. The van der Waals surface area contributed by atoms with E-state index < -0.39 is 40.9 Å². The number of carbonyl (C=O) groups is 3. The summed E-state index contributed by atoms with van der Waals surface area (Å²) in [6.07, 6.45) is 1.08. The molecule has 258 valence electrons. The molecule has 4 aromatic rings. The van der Waals surface area contributed by atoms with E-state index in [1.165, 1.54) is 36.4 Å². The average Bonchev–Trinajstić information content (AvgIpc) is 3.03. The van der Waals surface area contributed by atoms with Crippen LogP contribution in [-0.4, -0.2) is 89.2 Å². The van der Waals surface area contributed by atoms with Gasteiger partial charge < -0.3 is 35.5 Å². The minimum Gasteiger partial charge on any atom is -0.444 e. The van der Waals surface area contributed by atoms with Crippen molar-refractivity contribution in [1.29, 1.82) is 0 Å². The highest BCUT2D eigenvalue weighted by molar-refractivity contribution is 6.34. The maximum absolute atomic E-state index is 13.9. The number of alkyl carbamates (subject to hydrolysis) is 1. The van der Waals surface area contributed by atoms with E-state index in [1.54, 1.807) is 39.1 Å². The molecular weight excluding hydrogens is 655 g/mol. The molecule has 5 rings (SSSR count). The zero-order valence-corrected chi connectivity index (χ0v) is 28.4. The van der Waals surface area contributed by atoms with Crippen LogP contribution in [0.2, 0.25) is 5.02 Å². The number of piperazine rings is 1.